The number of allylic oxidation sites excluding steroid dienone is 5. The fourth-order valence-electron chi connectivity index (χ4n) is 11.6. The molecule has 3 aliphatic rings. The van der Waals surface area contributed by atoms with Gasteiger partial charge in [0.1, 0.15) is 73.2 Å². The predicted molar refractivity (Wildman–Crippen MR) is 333 cm³/mol. The zero-order chi connectivity index (χ0) is 62.6. The first-order valence-corrected chi connectivity index (χ1v) is 34.2. The number of hydrogen-bond donors (Lipinski definition) is 12. The van der Waals surface area contributed by atoms with Gasteiger partial charge in [0.05, 0.1) is 38.6 Å². The SMILES string of the molecule is CCCCCCCC/C=C\CCCCCCCCCCCC(=O)NC(COC1OC(CO)C(OC2OC(CO)C(OC3OC(CO)C(O)C(O)C3O)C(O)C2O)C(O)C1O)C(O)/C=C/CC/C=C/CCCCCCCCCCCCCCCCCC. The highest BCUT2D eigenvalue weighted by molar-refractivity contribution is 5.76. The summed E-state index contributed by atoms with van der Waals surface area (Å²) in [5, 5.41) is 120. The summed E-state index contributed by atoms with van der Waals surface area (Å²) in [4.78, 5) is 13.4. The fourth-order valence-corrected chi connectivity index (χ4v) is 11.6. The Balaban J connectivity index is 1.47. The molecule has 0 aromatic heterocycles. The van der Waals surface area contributed by atoms with Gasteiger partial charge < -0.3 is 89.9 Å². The van der Waals surface area contributed by atoms with E-state index in [9.17, 15) is 61.0 Å². The van der Waals surface area contributed by atoms with Crippen LogP contribution in [0.1, 0.15) is 251 Å². The molecule has 0 aromatic rings. The molecule has 0 aliphatic carbocycles. The first-order chi connectivity index (χ1) is 41.8. The first-order valence-electron chi connectivity index (χ1n) is 34.2. The van der Waals surface area contributed by atoms with E-state index in [4.69, 9.17) is 28.4 Å². The van der Waals surface area contributed by atoms with Crippen LogP contribution in [-0.4, -0.2) is 193 Å². The van der Waals surface area contributed by atoms with Gasteiger partial charge in [-0.3, -0.25) is 4.79 Å². The number of amides is 1. The molecular formula is C67H123NO18. The lowest BCUT2D eigenvalue weighted by Crippen LogP contribution is -2.66. The Labute approximate surface area is 517 Å². The monoisotopic (exact) mass is 1230 g/mol. The maximum absolute atomic E-state index is 13.4. The van der Waals surface area contributed by atoms with E-state index in [0.717, 1.165) is 51.4 Å². The number of aliphatic hydroxyl groups is 11. The normalized spacial score (nSPS) is 29.0. The van der Waals surface area contributed by atoms with E-state index in [-0.39, 0.29) is 18.9 Å². The van der Waals surface area contributed by atoms with E-state index in [1.807, 2.05) is 6.08 Å². The summed E-state index contributed by atoms with van der Waals surface area (Å²) in [5.41, 5.74) is 0. The van der Waals surface area contributed by atoms with E-state index in [0.29, 0.717) is 12.8 Å². The number of carbonyl (C=O) groups excluding carboxylic acids is 1. The van der Waals surface area contributed by atoms with E-state index >= 15 is 0 Å². The highest BCUT2D eigenvalue weighted by Crippen LogP contribution is 2.33. The third-order valence-electron chi connectivity index (χ3n) is 17.2. The maximum atomic E-state index is 13.4. The van der Waals surface area contributed by atoms with Gasteiger partial charge in [-0.25, -0.2) is 0 Å². The van der Waals surface area contributed by atoms with Crippen LogP contribution in [0, 0.1) is 0 Å². The lowest BCUT2D eigenvalue weighted by molar-refractivity contribution is -0.379. The van der Waals surface area contributed by atoms with Crippen molar-refractivity contribution in [3.63, 3.8) is 0 Å². The standard InChI is InChI=1S/C67H123NO18/c1-3-5-7-9-11-13-15-17-19-21-23-24-25-27-28-30-32-34-36-38-40-42-44-51(72)50(68-55(73)45-43-41-39-37-35-33-31-29-26-22-20-18-16-14-12-10-8-6-4-2)49-81-65-61(79)58(76)63(53(47-70)83-65)86-67-62(80)59(77)64(54(48-71)84-67)85-66-60(78)57(75)56(74)52(46-69)82-66/h18,20,34,36,42,44,50-54,56-67,69-72,74-80H,3-17,19,21-33,35,37-41,43,45-49H2,1-2H3,(H,68,73)/b20-18-,36-34+,44-42+. The molecule has 0 radical (unpaired) electrons. The van der Waals surface area contributed by atoms with Gasteiger partial charge in [-0.2, -0.15) is 0 Å². The maximum Gasteiger partial charge on any atom is 0.220 e. The largest absolute Gasteiger partial charge is 0.394 e. The van der Waals surface area contributed by atoms with E-state index in [1.54, 1.807) is 6.08 Å². The molecule has 3 fully saturated rings. The van der Waals surface area contributed by atoms with Crippen molar-refractivity contribution in [2.45, 2.75) is 356 Å². The summed E-state index contributed by atoms with van der Waals surface area (Å²) in [6, 6.07) is -0.990. The molecule has 19 nitrogen and oxygen atoms in total. The molecule has 0 bridgehead atoms. The predicted octanol–water partition coefficient (Wildman–Crippen LogP) is 8.44. The molecule has 3 aliphatic heterocycles. The summed E-state index contributed by atoms with van der Waals surface area (Å²) in [6.07, 6.45) is 29.8. The van der Waals surface area contributed by atoms with Crippen LogP contribution in [0.15, 0.2) is 36.5 Å². The molecule has 0 aromatic carbocycles. The number of nitrogens with one attached hydrogen (secondary N) is 1. The molecule has 504 valence electrons. The Kier molecular flexibility index (Phi) is 45.2. The molecule has 86 heavy (non-hydrogen) atoms. The molecule has 0 spiro atoms. The van der Waals surface area contributed by atoms with Crippen molar-refractivity contribution in [3.05, 3.63) is 36.5 Å². The molecule has 17 atom stereocenters. The zero-order valence-corrected chi connectivity index (χ0v) is 53.0. The number of unbranched alkanes of at least 4 members (excludes halogenated alkanes) is 32. The second-order valence-corrected chi connectivity index (χ2v) is 24.6. The summed E-state index contributed by atoms with van der Waals surface area (Å²) >= 11 is 0. The third-order valence-corrected chi connectivity index (χ3v) is 17.2. The molecule has 3 heterocycles. The lowest BCUT2D eigenvalue weighted by Gasteiger charge is -2.48. The second-order valence-electron chi connectivity index (χ2n) is 24.6. The number of rotatable bonds is 52. The molecular weight excluding hydrogens is 1110 g/mol. The minimum atomic E-state index is -1.98. The molecule has 17 unspecified atom stereocenters. The number of hydrogen-bond acceptors (Lipinski definition) is 18. The second kappa shape index (κ2) is 49.7. The first kappa shape index (κ1) is 78.3. The van der Waals surface area contributed by atoms with Crippen molar-refractivity contribution in [1.82, 2.24) is 5.32 Å². The van der Waals surface area contributed by atoms with Crippen molar-refractivity contribution in [2.24, 2.45) is 0 Å². The number of aliphatic hydroxyl groups excluding tert-OH is 11. The average molecular weight is 1230 g/mol. The Morgan fingerprint density at radius 1 is 0.407 bits per heavy atom. The van der Waals surface area contributed by atoms with Gasteiger partial charge in [0.25, 0.3) is 0 Å². The van der Waals surface area contributed by atoms with Gasteiger partial charge in [0, 0.05) is 6.42 Å². The van der Waals surface area contributed by atoms with Crippen LogP contribution in [-0.2, 0) is 33.2 Å². The Morgan fingerprint density at radius 3 is 1.16 bits per heavy atom. The lowest BCUT2D eigenvalue weighted by atomic mass is 9.96. The number of ether oxygens (including phenoxy) is 6. The van der Waals surface area contributed by atoms with Crippen LogP contribution in [0.2, 0.25) is 0 Å². The highest BCUT2D eigenvalue weighted by atomic mass is 16.8. The Bertz CT molecular complexity index is 1710. The minimum absolute atomic E-state index is 0.234. The quantitative estimate of drug-likeness (QED) is 0.0201. The van der Waals surface area contributed by atoms with Gasteiger partial charge in [-0.15, -0.1) is 0 Å². The average Bonchev–Trinajstić information content (AvgIpc) is 2.80. The minimum Gasteiger partial charge on any atom is -0.394 e. The van der Waals surface area contributed by atoms with Gasteiger partial charge in [0.15, 0.2) is 18.9 Å². The van der Waals surface area contributed by atoms with Crippen LogP contribution in [0.3, 0.4) is 0 Å². The van der Waals surface area contributed by atoms with Gasteiger partial charge >= 0.3 is 0 Å². The Morgan fingerprint density at radius 2 is 0.744 bits per heavy atom. The van der Waals surface area contributed by atoms with Gasteiger partial charge in [0.2, 0.25) is 5.91 Å². The van der Waals surface area contributed by atoms with Crippen LogP contribution < -0.4 is 5.32 Å². The summed E-state index contributed by atoms with van der Waals surface area (Å²) < 4.78 is 34.3. The summed E-state index contributed by atoms with van der Waals surface area (Å²) in [6.45, 7) is 1.73. The molecule has 1 amide bonds. The highest BCUT2D eigenvalue weighted by Gasteiger charge is 2.53. The van der Waals surface area contributed by atoms with Crippen LogP contribution in [0.5, 0.6) is 0 Å². The molecule has 0 saturated carbocycles. The smallest absolute Gasteiger partial charge is 0.220 e. The van der Waals surface area contributed by atoms with E-state index < -0.39 is 124 Å². The van der Waals surface area contributed by atoms with Crippen LogP contribution >= 0.6 is 0 Å². The van der Waals surface area contributed by atoms with Gasteiger partial charge in [-0.1, -0.05) is 224 Å². The van der Waals surface area contributed by atoms with Crippen molar-refractivity contribution >= 4 is 5.91 Å². The third kappa shape index (κ3) is 31.8. The topological polar surface area (TPSA) is 307 Å². The van der Waals surface area contributed by atoms with Crippen molar-refractivity contribution in [2.75, 3.05) is 26.4 Å². The van der Waals surface area contributed by atoms with Crippen molar-refractivity contribution in [1.29, 1.82) is 0 Å². The molecule has 12 N–H and O–H groups in total. The number of carbonyl (C=O) groups is 1. The van der Waals surface area contributed by atoms with Crippen molar-refractivity contribution in [3.8, 4) is 0 Å². The van der Waals surface area contributed by atoms with E-state index in [2.05, 4.69) is 43.5 Å². The molecule has 3 saturated heterocycles. The zero-order valence-electron chi connectivity index (χ0n) is 53.0. The van der Waals surface area contributed by atoms with Crippen LogP contribution in [0.4, 0.5) is 0 Å². The molecule has 3 rings (SSSR count). The molecule has 19 heteroatoms. The van der Waals surface area contributed by atoms with E-state index in [1.165, 1.54) is 167 Å². The summed E-state index contributed by atoms with van der Waals surface area (Å²) in [7, 11) is 0. The van der Waals surface area contributed by atoms with Crippen molar-refractivity contribution < 1.29 is 89.4 Å². The van der Waals surface area contributed by atoms with Crippen LogP contribution in [0.25, 0.3) is 0 Å². The van der Waals surface area contributed by atoms with Gasteiger partial charge in [-0.05, 0) is 57.8 Å². The fraction of sp³-hybridized carbons (Fsp3) is 0.896. The summed E-state index contributed by atoms with van der Waals surface area (Å²) in [5.74, 6) is -0.286. The Hall–Kier alpha value is -1.99.